The lowest BCUT2D eigenvalue weighted by atomic mass is 9.73. The summed E-state index contributed by atoms with van der Waals surface area (Å²) < 4.78 is 0. The number of aliphatic imine (C=N–C) groups is 1. The molecule has 5 heteroatoms. The third-order valence-corrected chi connectivity index (χ3v) is 4.96. The highest BCUT2D eigenvalue weighted by Gasteiger charge is 2.27. The lowest BCUT2D eigenvalue weighted by Gasteiger charge is -2.35. The number of nitrogens with two attached hydrogens (primary N) is 1. The van der Waals surface area contributed by atoms with E-state index in [2.05, 4.69) is 33.2 Å². The Morgan fingerprint density at radius 1 is 1.33 bits per heavy atom. The predicted octanol–water partition coefficient (Wildman–Crippen LogP) is 2.25. The molecular formula is C19H29N5. The number of likely N-dealkylation sites (N-methyl/N-ethyl adjacent to an activating group) is 1. The number of hydrogen-bond acceptors (Lipinski definition) is 5. The Bertz CT molecular complexity index is 589. The zero-order chi connectivity index (χ0) is 16.8. The number of para-hydroxylation sites is 2. The summed E-state index contributed by atoms with van der Waals surface area (Å²) in [5, 5.41) is 10.3. The number of nitrogens with one attached hydrogen (secondary N) is 3. The third-order valence-electron chi connectivity index (χ3n) is 4.96. The van der Waals surface area contributed by atoms with Crippen molar-refractivity contribution in [3.63, 3.8) is 0 Å². The van der Waals surface area contributed by atoms with E-state index in [-0.39, 0.29) is 6.04 Å². The van der Waals surface area contributed by atoms with Crippen molar-refractivity contribution in [2.24, 2.45) is 22.6 Å². The SMILES string of the molecule is CNC/C(=C\NCC1CC(CCN)C1)C1C=Nc2ccccc2N1. The van der Waals surface area contributed by atoms with Gasteiger partial charge in [-0.25, -0.2) is 0 Å². The molecule has 1 aromatic rings. The molecule has 1 fully saturated rings. The van der Waals surface area contributed by atoms with Gasteiger partial charge in [-0.1, -0.05) is 12.1 Å². The van der Waals surface area contributed by atoms with Crippen LogP contribution in [-0.2, 0) is 0 Å². The number of rotatable bonds is 8. The predicted molar refractivity (Wildman–Crippen MR) is 102 cm³/mol. The fourth-order valence-electron chi connectivity index (χ4n) is 3.58. The van der Waals surface area contributed by atoms with Crippen LogP contribution >= 0.6 is 0 Å². The van der Waals surface area contributed by atoms with E-state index in [1.165, 1.54) is 24.8 Å². The molecule has 1 heterocycles. The fraction of sp³-hybridized carbons (Fsp3) is 0.526. The topological polar surface area (TPSA) is 74.5 Å². The Morgan fingerprint density at radius 2 is 2.17 bits per heavy atom. The minimum absolute atomic E-state index is 0.131. The molecule has 1 aliphatic heterocycles. The highest BCUT2D eigenvalue weighted by molar-refractivity contribution is 5.85. The smallest absolute Gasteiger partial charge is 0.0859 e. The van der Waals surface area contributed by atoms with Crippen molar-refractivity contribution in [3.05, 3.63) is 36.0 Å². The van der Waals surface area contributed by atoms with E-state index in [0.717, 1.165) is 42.8 Å². The van der Waals surface area contributed by atoms with E-state index in [0.29, 0.717) is 0 Å². The van der Waals surface area contributed by atoms with Crippen molar-refractivity contribution in [2.75, 3.05) is 32.0 Å². The van der Waals surface area contributed by atoms with E-state index in [9.17, 15) is 0 Å². The molecule has 5 nitrogen and oxygen atoms in total. The Morgan fingerprint density at radius 3 is 2.96 bits per heavy atom. The summed E-state index contributed by atoms with van der Waals surface area (Å²) in [6.45, 7) is 2.71. The highest BCUT2D eigenvalue weighted by Crippen LogP contribution is 2.35. The summed E-state index contributed by atoms with van der Waals surface area (Å²) in [6, 6.07) is 8.29. The number of anilines is 1. The van der Waals surface area contributed by atoms with Gasteiger partial charge in [-0.15, -0.1) is 0 Å². The van der Waals surface area contributed by atoms with Crippen molar-refractivity contribution in [1.82, 2.24) is 10.6 Å². The van der Waals surface area contributed by atoms with Gasteiger partial charge in [-0.05, 0) is 68.6 Å². The van der Waals surface area contributed by atoms with Crippen LogP contribution in [0.15, 0.2) is 41.0 Å². The van der Waals surface area contributed by atoms with Crippen LogP contribution in [0.2, 0.25) is 0 Å². The average molecular weight is 327 g/mol. The first-order valence-corrected chi connectivity index (χ1v) is 8.97. The Labute approximate surface area is 144 Å². The molecule has 0 spiro atoms. The van der Waals surface area contributed by atoms with Crippen LogP contribution in [0.1, 0.15) is 19.3 Å². The number of hydrogen-bond donors (Lipinski definition) is 4. The second-order valence-electron chi connectivity index (χ2n) is 6.86. The number of benzene rings is 1. The monoisotopic (exact) mass is 327 g/mol. The zero-order valence-corrected chi connectivity index (χ0v) is 14.5. The van der Waals surface area contributed by atoms with Gasteiger partial charge < -0.3 is 21.7 Å². The van der Waals surface area contributed by atoms with E-state index in [1.807, 2.05) is 31.5 Å². The molecule has 1 atom stereocenters. The van der Waals surface area contributed by atoms with Crippen molar-refractivity contribution in [1.29, 1.82) is 0 Å². The molecule has 1 unspecified atom stereocenters. The first-order valence-electron chi connectivity index (χ1n) is 8.97. The van der Waals surface area contributed by atoms with Crippen LogP contribution in [0.5, 0.6) is 0 Å². The molecule has 0 radical (unpaired) electrons. The lowest BCUT2D eigenvalue weighted by Crippen LogP contribution is -2.35. The van der Waals surface area contributed by atoms with Gasteiger partial charge in [0, 0.05) is 19.3 Å². The van der Waals surface area contributed by atoms with Crippen molar-refractivity contribution < 1.29 is 0 Å². The van der Waals surface area contributed by atoms with Crippen molar-refractivity contribution in [2.45, 2.75) is 25.3 Å². The number of fused-ring (bicyclic) bond motifs is 1. The minimum Gasteiger partial charge on any atom is -0.391 e. The van der Waals surface area contributed by atoms with Gasteiger partial charge in [0.25, 0.3) is 0 Å². The van der Waals surface area contributed by atoms with E-state index in [4.69, 9.17) is 5.73 Å². The normalized spacial score (nSPS) is 25.6. The second-order valence-corrected chi connectivity index (χ2v) is 6.86. The maximum Gasteiger partial charge on any atom is 0.0859 e. The van der Waals surface area contributed by atoms with Gasteiger partial charge in [0.05, 0.1) is 17.4 Å². The molecule has 130 valence electrons. The van der Waals surface area contributed by atoms with Gasteiger partial charge in [-0.3, -0.25) is 4.99 Å². The zero-order valence-electron chi connectivity index (χ0n) is 14.5. The summed E-state index contributed by atoms with van der Waals surface area (Å²) >= 11 is 0. The first-order chi connectivity index (χ1) is 11.8. The van der Waals surface area contributed by atoms with Crippen LogP contribution in [-0.4, -0.2) is 38.9 Å². The number of nitrogens with zero attached hydrogens (tertiary/aromatic N) is 1. The highest BCUT2D eigenvalue weighted by atomic mass is 15.0. The lowest BCUT2D eigenvalue weighted by molar-refractivity contribution is 0.185. The van der Waals surface area contributed by atoms with E-state index in [1.54, 1.807) is 0 Å². The van der Waals surface area contributed by atoms with Crippen molar-refractivity contribution in [3.8, 4) is 0 Å². The quantitative estimate of drug-likeness (QED) is 0.591. The summed E-state index contributed by atoms with van der Waals surface area (Å²) in [7, 11) is 1.98. The summed E-state index contributed by atoms with van der Waals surface area (Å²) in [5.41, 5.74) is 8.99. The molecule has 0 aromatic heterocycles. The molecule has 1 aromatic carbocycles. The van der Waals surface area contributed by atoms with Crippen molar-refractivity contribution >= 4 is 17.6 Å². The van der Waals surface area contributed by atoms with Crippen LogP contribution < -0.4 is 21.7 Å². The van der Waals surface area contributed by atoms with Gasteiger partial charge in [0.15, 0.2) is 0 Å². The Kier molecular flexibility index (Phi) is 5.88. The van der Waals surface area contributed by atoms with Gasteiger partial charge in [-0.2, -0.15) is 0 Å². The Balaban J connectivity index is 1.53. The average Bonchev–Trinajstić information content (AvgIpc) is 2.58. The van der Waals surface area contributed by atoms with E-state index < -0.39 is 0 Å². The standard InChI is InChI=1S/C19H29N5/c1-21-11-16(12-22-10-15-8-14(9-15)6-7-20)19-13-23-17-4-2-3-5-18(17)24-19/h2-5,12-15,19,21-22,24H,6-11,20H2,1H3/b16-12+. The third kappa shape index (κ3) is 4.16. The molecular weight excluding hydrogens is 298 g/mol. The molecule has 3 rings (SSSR count). The molecule has 5 N–H and O–H groups in total. The summed E-state index contributed by atoms with van der Waals surface area (Å²) in [6.07, 6.45) is 7.96. The summed E-state index contributed by atoms with van der Waals surface area (Å²) in [4.78, 5) is 4.58. The second kappa shape index (κ2) is 8.31. The van der Waals surface area contributed by atoms with E-state index >= 15 is 0 Å². The van der Waals surface area contributed by atoms with Crippen LogP contribution in [0.25, 0.3) is 0 Å². The molecule has 0 saturated heterocycles. The maximum atomic E-state index is 5.62. The Hall–Kier alpha value is -1.85. The molecule has 24 heavy (non-hydrogen) atoms. The molecule has 1 saturated carbocycles. The molecule has 0 amide bonds. The van der Waals surface area contributed by atoms with Gasteiger partial charge in [0.2, 0.25) is 0 Å². The van der Waals surface area contributed by atoms with Crippen LogP contribution in [0.3, 0.4) is 0 Å². The summed E-state index contributed by atoms with van der Waals surface area (Å²) in [5.74, 6) is 1.65. The first kappa shape index (κ1) is 17.0. The minimum atomic E-state index is 0.131. The molecule has 1 aliphatic carbocycles. The van der Waals surface area contributed by atoms with Gasteiger partial charge in [0.1, 0.15) is 0 Å². The maximum absolute atomic E-state index is 5.62. The fourth-order valence-corrected chi connectivity index (χ4v) is 3.58. The largest absolute Gasteiger partial charge is 0.391 e. The van der Waals surface area contributed by atoms with Gasteiger partial charge >= 0.3 is 0 Å². The molecule has 2 aliphatic rings. The van der Waals surface area contributed by atoms with Crippen LogP contribution in [0, 0.1) is 11.8 Å². The molecule has 0 bridgehead atoms. The van der Waals surface area contributed by atoms with Crippen LogP contribution in [0.4, 0.5) is 11.4 Å².